The van der Waals surface area contributed by atoms with E-state index >= 15 is 0 Å². The lowest BCUT2D eigenvalue weighted by Gasteiger charge is -2.41. The molecule has 0 spiro atoms. The first-order valence-corrected chi connectivity index (χ1v) is 8.22. The number of benzene rings is 1. The van der Waals surface area contributed by atoms with E-state index in [2.05, 4.69) is 35.5 Å². The smallest absolute Gasteiger partial charge is 0.191 e. The van der Waals surface area contributed by atoms with Crippen LogP contribution in [-0.4, -0.2) is 19.0 Å². The normalized spacial score (nSPS) is 15.8. The molecule has 1 saturated carbocycles. The molecule has 23 heavy (non-hydrogen) atoms. The minimum Gasteiger partial charge on any atom is -0.357 e. The van der Waals surface area contributed by atoms with Gasteiger partial charge in [0.05, 0.1) is 18.2 Å². The highest BCUT2D eigenvalue weighted by atomic mass is 127. The van der Waals surface area contributed by atoms with Gasteiger partial charge in [-0.05, 0) is 49.3 Å². The quantitative estimate of drug-likeness (QED) is 0.413. The summed E-state index contributed by atoms with van der Waals surface area (Å²) in [5.74, 6) is 0.865. The van der Waals surface area contributed by atoms with Crippen molar-refractivity contribution in [3.8, 4) is 6.07 Å². The van der Waals surface area contributed by atoms with Crippen LogP contribution in [0.5, 0.6) is 0 Å². The maximum atomic E-state index is 8.95. The third-order valence-electron chi connectivity index (χ3n) is 4.62. The van der Waals surface area contributed by atoms with Crippen molar-refractivity contribution in [2.75, 3.05) is 13.1 Å². The summed E-state index contributed by atoms with van der Waals surface area (Å²) < 4.78 is 0. The second-order valence-electron chi connectivity index (χ2n) is 6.07. The van der Waals surface area contributed by atoms with Crippen LogP contribution in [0, 0.1) is 16.7 Å². The maximum Gasteiger partial charge on any atom is 0.191 e. The van der Waals surface area contributed by atoms with Crippen molar-refractivity contribution in [1.29, 1.82) is 5.26 Å². The van der Waals surface area contributed by atoms with Gasteiger partial charge in [-0.3, -0.25) is 0 Å². The highest BCUT2D eigenvalue weighted by Crippen LogP contribution is 2.42. The first-order valence-electron chi connectivity index (χ1n) is 8.22. The molecule has 1 fully saturated rings. The zero-order valence-electron chi connectivity index (χ0n) is 14.1. The monoisotopic (exact) mass is 426 g/mol. The molecule has 126 valence electrons. The van der Waals surface area contributed by atoms with Gasteiger partial charge < -0.3 is 10.6 Å². The summed E-state index contributed by atoms with van der Waals surface area (Å²) in [6.07, 6.45) is 5.22. The second-order valence-corrected chi connectivity index (χ2v) is 6.07. The topological polar surface area (TPSA) is 60.2 Å². The number of hydrogen-bond acceptors (Lipinski definition) is 2. The van der Waals surface area contributed by atoms with E-state index in [4.69, 9.17) is 5.26 Å². The van der Waals surface area contributed by atoms with E-state index in [0.29, 0.717) is 17.5 Å². The van der Waals surface area contributed by atoms with E-state index in [1.165, 1.54) is 25.7 Å². The fourth-order valence-corrected chi connectivity index (χ4v) is 2.85. The summed E-state index contributed by atoms with van der Waals surface area (Å²) in [5, 5.41) is 15.7. The van der Waals surface area contributed by atoms with Crippen molar-refractivity contribution in [3.05, 3.63) is 35.4 Å². The Kier molecular flexibility index (Phi) is 8.38. The van der Waals surface area contributed by atoms with Crippen molar-refractivity contribution >= 4 is 29.9 Å². The molecule has 0 radical (unpaired) electrons. The zero-order chi connectivity index (χ0) is 15.8. The first kappa shape index (κ1) is 19.8. The Bertz CT molecular complexity index is 553. The van der Waals surface area contributed by atoms with Gasteiger partial charge in [0.2, 0.25) is 0 Å². The summed E-state index contributed by atoms with van der Waals surface area (Å²) in [7, 11) is 0. The number of hydrogen-bond donors (Lipinski definition) is 2. The number of nitrogens with one attached hydrogen (secondary N) is 2. The molecule has 0 unspecified atom stereocenters. The number of rotatable bonds is 6. The van der Waals surface area contributed by atoms with E-state index in [9.17, 15) is 0 Å². The van der Waals surface area contributed by atoms with Gasteiger partial charge in [-0.15, -0.1) is 24.0 Å². The summed E-state index contributed by atoms with van der Waals surface area (Å²) in [6, 6.07) is 9.80. The minimum absolute atomic E-state index is 0. The molecule has 1 aromatic carbocycles. The molecule has 0 aliphatic heterocycles. The lowest BCUT2D eigenvalue weighted by molar-refractivity contribution is 0.131. The van der Waals surface area contributed by atoms with Gasteiger partial charge in [0, 0.05) is 13.1 Å². The van der Waals surface area contributed by atoms with Gasteiger partial charge >= 0.3 is 0 Å². The molecule has 5 heteroatoms. The second kappa shape index (κ2) is 9.76. The fourth-order valence-electron chi connectivity index (χ4n) is 2.85. The Labute approximate surface area is 156 Å². The lowest BCUT2D eigenvalue weighted by Crippen LogP contribution is -2.46. The number of halogens is 1. The highest BCUT2D eigenvalue weighted by Gasteiger charge is 2.34. The van der Waals surface area contributed by atoms with Crippen molar-refractivity contribution in [2.24, 2.45) is 10.4 Å². The summed E-state index contributed by atoms with van der Waals surface area (Å²) in [4.78, 5) is 4.64. The van der Waals surface area contributed by atoms with E-state index in [1.807, 2.05) is 24.3 Å². The van der Waals surface area contributed by atoms with E-state index in [1.54, 1.807) is 0 Å². The third kappa shape index (κ3) is 5.69. The average molecular weight is 426 g/mol. The molecule has 4 nitrogen and oxygen atoms in total. The molecule has 0 heterocycles. The molecular weight excluding hydrogens is 399 g/mol. The van der Waals surface area contributed by atoms with Crippen LogP contribution in [0.15, 0.2) is 29.3 Å². The van der Waals surface area contributed by atoms with Crippen LogP contribution in [0.1, 0.15) is 50.7 Å². The minimum atomic E-state index is 0. The molecule has 0 atom stereocenters. The van der Waals surface area contributed by atoms with Crippen LogP contribution >= 0.6 is 24.0 Å². The summed E-state index contributed by atoms with van der Waals surface area (Å²) >= 11 is 0. The van der Waals surface area contributed by atoms with Crippen molar-refractivity contribution in [1.82, 2.24) is 10.6 Å². The average Bonchev–Trinajstić information content (AvgIpc) is 2.52. The van der Waals surface area contributed by atoms with E-state index < -0.39 is 0 Å². The molecule has 1 aliphatic carbocycles. The number of nitrogens with zero attached hydrogens (tertiary/aromatic N) is 2. The van der Waals surface area contributed by atoms with Gasteiger partial charge in [0.15, 0.2) is 5.96 Å². The Hall–Kier alpha value is -1.29. The Balaban J connectivity index is 0.00000264. The molecular formula is C18H27IN4. The molecule has 1 aliphatic rings. The van der Waals surface area contributed by atoms with Gasteiger partial charge in [-0.1, -0.05) is 25.5 Å². The molecule has 2 N–H and O–H groups in total. The molecule has 0 bridgehead atoms. The van der Waals surface area contributed by atoms with Crippen LogP contribution in [0.3, 0.4) is 0 Å². The predicted molar refractivity (Wildman–Crippen MR) is 106 cm³/mol. The maximum absolute atomic E-state index is 8.95. The van der Waals surface area contributed by atoms with Crippen LogP contribution in [-0.2, 0) is 6.54 Å². The van der Waals surface area contributed by atoms with Gasteiger partial charge in [0.1, 0.15) is 0 Å². The standard InChI is InChI=1S/C18H26N4.HI/c1-3-18(9-6-10-18)14-22-17(20-4-2)21-13-16-8-5-7-15(11-16)12-19;/h5,7-8,11H,3-4,6,9-10,13-14H2,1-2H3,(H2,20,21,22);1H. The first-order chi connectivity index (χ1) is 10.7. The highest BCUT2D eigenvalue weighted by molar-refractivity contribution is 14.0. The van der Waals surface area contributed by atoms with Crippen molar-refractivity contribution in [2.45, 2.75) is 46.1 Å². The Morgan fingerprint density at radius 1 is 1.30 bits per heavy atom. The van der Waals surface area contributed by atoms with Crippen LogP contribution in [0.4, 0.5) is 0 Å². The number of guanidine groups is 1. The largest absolute Gasteiger partial charge is 0.357 e. The SMILES string of the molecule is CCNC(=NCc1cccc(C#N)c1)NCC1(CC)CCC1.I. The van der Waals surface area contributed by atoms with Crippen molar-refractivity contribution in [3.63, 3.8) is 0 Å². The molecule has 0 amide bonds. The molecule has 0 aromatic heterocycles. The third-order valence-corrected chi connectivity index (χ3v) is 4.62. The Morgan fingerprint density at radius 3 is 2.65 bits per heavy atom. The lowest BCUT2D eigenvalue weighted by atomic mass is 9.67. The molecule has 0 saturated heterocycles. The fraction of sp³-hybridized carbons (Fsp3) is 0.556. The Morgan fingerprint density at radius 2 is 2.09 bits per heavy atom. The molecule has 1 aromatic rings. The van der Waals surface area contributed by atoms with Crippen LogP contribution in [0.25, 0.3) is 0 Å². The van der Waals surface area contributed by atoms with Gasteiger partial charge in [-0.25, -0.2) is 4.99 Å². The predicted octanol–water partition coefficient (Wildman–Crippen LogP) is 3.81. The van der Waals surface area contributed by atoms with E-state index in [0.717, 1.165) is 24.6 Å². The number of aliphatic imine (C=N–C) groups is 1. The zero-order valence-corrected chi connectivity index (χ0v) is 16.4. The molecule has 2 rings (SSSR count). The summed E-state index contributed by atoms with van der Waals surface area (Å²) in [5.41, 5.74) is 2.21. The van der Waals surface area contributed by atoms with Gasteiger partial charge in [0.25, 0.3) is 0 Å². The van der Waals surface area contributed by atoms with Crippen LogP contribution in [0.2, 0.25) is 0 Å². The van der Waals surface area contributed by atoms with Crippen LogP contribution < -0.4 is 10.6 Å². The summed E-state index contributed by atoms with van der Waals surface area (Å²) in [6.45, 7) is 6.78. The van der Waals surface area contributed by atoms with E-state index in [-0.39, 0.29) is 24.0 Å². The van der Waals surface area contributed by atoms with Crippen molar-refractivity contribution < 1.29 is 0 Å². The van der Waals surface area contributed by atoms with Gasteiger partial charge in [-0.2, -0.15) is 5.26 Å². The number of nitriles is 1.